The van der Waals surface area contributed by atoms with E-state index in [1.54, 1.807) is 0 Å². The molecule has 0 aromatic heterocycles. The van der Waals surface area contributed by atoms with Gasteiger partial charge in [-0.25, -0.2) is 4.79 Å². The van der Waals surface area contributed by atoms with Crippen molar-refractivity contribution in [1.82, 2.24) is 15.5 Å². The lowest BCUT2D eigenvalue weighted by Gasteiger charge is -2.32. The lowest BCUT2D eigenvalue weighted by Crippen LogP contribution is -2.48. The molecule has 0 radical (unpaired) electrons. The Morgan fingerprint density at radius 2 is 2.04 bits per heavy atom. The molecule has 134 valence electrons. The third-order valence-corrected chi connectivity index (χ3v) is 4.70. The van der Waals surface area contributed by atoms with Crippen LogP contribution in [0.5, 0.6) is 0 Å². The van der Waals surface area contributed by atoms with Crippen molar-refractivity contribution in [1.29, 1.82) is 0 Å². The summed E-state index contributed by atoms with van der Waals surface area (Å²) in [7, 11) is 0. The van der Waals surface area contributed by atoms with Crippen molar-refractivity contribution in [2.75, 3.05) is 19.6 Å². The van der Waals surface area contributed by atoms with Gasteiger partial charge in [0.25, 0.3) is 0 Å². The van der Waals surface area contributed by atoms with Crippen molar-refractivity contribution in [3.05, 3.63) is 35.4 Å². The summed E-state index contributed by atoms with van der Waals surface area (Å²) >= 11 is 0. The van der Waals surface area contributed by atoms with Gasteiger partial charge in [0, 0.05) is 32.2 Å². The predicted molar refractivity (Wildman–Crippen MR) is 96.9 cm³/mol. The standard InChI is InChI=1S/C19H31N3O2/c1-3-6-18(23)13-20-19(24)21-17-9-11-22(12-10-17)14-16-8-5-4-7-15(16)2/h4-5,7-8,17-18,23H,3,6,9-14H2,1-2H3,(H2,20,21,24). The van der Waals surface area contributed by atoms with Crippen LogP contribution in [0.1, 0.15) is 43.7 Å². The van der Waals surface area contributed by atoms with Crippen LogP contribution in [0.3, 0.4) is 0 Å². The van der Waals surface area contributed by atoms with E-state index in [0.29, 0.717) is 6.54 Å². The highest BCUT2D eigenvalue weighted by atomic mass is 16.3. The average Bonchev–Trinajstić information content (AvgIpc) is 2.57. The molecule has 0 aliphatic carbocycles. The Bertz CT molecular complexity index is 513. The first kappa shape index (κ1) is 18.7. The van der Waals surface area contributed by atoms with E-state index in [9.17, 15) is 9.90 Å². The van der Waals surface area contributed by atoms with Crippen molar-refractivity contribution in [3.8, 4) is 0 Å². The molecule has 5 nitrogen and oxygen atoms in total. The average molecular weight is 333 g/mol. The first-order valence-electron chi connectivity index (χ1n) is 9.07. The SMILES string of the molecule is CCCC(O)CNC(=O)NC1CCN(Cc2ccccc2C)CC1. The van der Waals surface area contributed by atoms with Crippen molar-refractivity contribution < 1.29 is 9.90 Å². The Balaban J connectivity index is 1.67. The zero-order valence-electron chi connectivity index (χ0n) is 14.9. The molecule has 0 spiro atoms. The number of piperidine rings is 1. The van der Waals surface area contributed by atoms with Gasteiger partial charge in [-0.3, -0.25) is 4.90 Å². The van der Waals surface area contributed by atoms with Gasteiger partial charge < -0.3 is 15.7 Å². The minimum absolute atomic E-state index is 0.164. The van der Waals surface area contributed by atoms with E-state index in [4.69, 9.17) is 0 Å². The number of amides is 2. The number of likely N-dealkylation sites (tertiary alicyclic amines) is 1. The highest BCUT2D eigenvalue weighted by Gasteiger charge is 2.21. The number of aryl methyl sites for hydroxylation is 1. The highest BCUT2D eigenvalue weighted by molar-refractivity contribution is 5.74. The maximum atomic E-state index is 11.9. The zero-order valence-corrected chi connectivity index (χ0v) is 14.9. The normalized spacial score (nSPS) is 17.5. The Morgan fingerprint density at radius 1 is 1.33 bits per heavy atom. The van der Waals surface area contributed by atoms with Gasteiger partial charge in [-0.1, -0.05) is 37.6 Å². The second kappa shape index (κ2) is 9.64. The summed E-state index contributed by atoms with van der Waals surface area (Å²) in [6, 6.07) is 8.57. The number of benzene rings is 1. The number of aliphatic hydroxyl groups excluding tert-OH is 1. The minimum Gasteiger partial charge on any atom is -0.391 e. The van der Waals surface area contributed by atoms with E-state index in [-0.39, 0.29) is 12.1 Å². The molecule has 2 amide bonds. The number of rotatable bonds is 7. The lowest BCUT2D eigenvalue weighted by molar-refractivity contribution is 0.157. The van der Waals surface area contributed by atoms with Gasteiger partial charge in [-0.2, -0.15) is 0 Å². The first-order valence-corrected chi connectivity index (χ1v) is 9.07. The predicted octanol–water partition coefficient (Wildman–Crippen LogP) is 2.42. The van der Waals surface area contributed by atoms with Gasteiger partial charge in [0.15, 0.2) is 0 Å². The number of hydrogen-bond acceptors (Lipinski definition) is 3. The molecule has 24 heavy (non-hydrogen) atoms. The topological polar surface area (TPSA) is 64.6 Å². The second-order valence-corrected chi connectivity index (χ2v) is 6.77. The molecule has 0 saturated carbocycles. The third kappa shape index (κ3) is 6.13. The largest absolute Gasteiger partial charge is 0.391 e. The highest BCUT2D eigenvalue weighted by Crippen LogP contribution is 2.16. The van der Waals surface area contributed by atoms with E-state index in [1.165, 1.54) is 11.1 Å². The monoisotopic (exact) mass is 333 g/mol. The molecule has 1 unspecified atom stereocenters. The van der Waals surface area contributed by atoms with Crippen molar-refractivity contribution in [2.24, 2.45) is 0 Å². The second-order valence-electron chi connectivity index (χ2n) is 6.77. The fourth-order valence-electron chi connectivity index (χ4n) is 3.15. The number of urea groups is 1. The molecule has 1 aliphatic heterocycles. The van der Waals surface area contributed by atoms with Crippen LogP contribution < -0.4 is 10.6 Å². The number of nitrogens with one attached hydrogen (secondary N) is 2. The van der Waals surface area contributed by atoms with Gasteiger partial charge in [0.2, 0.25) is 0 Å². The van der Waals surface area contributed by atoms with Gasteiger partial charge in [-0.05, 0) is 37.3 Å². The van der Waals surface area contributed by atoms with Crippen LogP contribution in [0.4, 0.5) is 4.79 Å². The number of carbonyl (C=O) groups is 1. The summed E-state index contributed by atoms with van der Waals surface area (Å²) in [6.45, 7) is 7.48. The van der Waals surface area contributed by atoms with Crippen molar-refractivity contribution in [2.45, 2.75) is 58.2 Å². The summed E-state index contributed by atoms with van der Waals surface area (Å²) < 4.78 is 0. The molecule has 5 heteroatoms. The van der Waals surface area contributed by atoms with Gasteiger partial charge in [0.05, 0.1) is 6.10 Å². The third-order valence-electron chi connectivity index (χ3n) is 4.70. The Labute approximate surface area is 145 Å². The smallest absolute Gasteiger partial charge is 0.315 e. The molecule has 3 N–H and O–H groups in total. The summed E-state index contributed by atoms with van der Waals surface area (Å²) in [5.41, 5.74) is 2.72. The molecular formula is C19H31N3O2. The van der Waals surface area contributed by atoms with Crippen LogP contribution in [0, 0.1) is 6.92 Å². The Morgan fingerprint density at radius 3 is 2.71 bits per heavy atom. The maximum absolute atomic E-state index is 11.9. The minimum atomic E-state index is -0.447. The lowest BCUT2D eigenvalue weighted by atomic mass is 10.0. The van der Waals surface area contributed by atoms with E-state index in [0.717, 1.165) is 45.3 Å². The molecule has 1 fully saturated rings. The van der Waals surface area contributed by atoms with Crippen LogP contribution in [0.15, 0.2) is 24.3 Å². The molecule has 1 saturated heterocycles. The first-order chi connectivity index (χ1) is 11.6. The fraction of sp³-hybridized carbons (Fsp3) is 0.632. The van der Waals surface area contributed by atoms with Gasteiger partial charge in [0.1, 0.15) is 0 Å². The van der Waals surface area contributed by atoms with Crippen LogP contribution in [0.25, 0.3) is 0 Å². The van der Waals surface area contributed by atoms with Crippen LogP contribution in [-0.4, -0.2) is 47.8 Å². The van der Waals surface area contributed by atoms with Crippen molar-refractivity contribution >= 4 is 6.03 Å². The van der Waals surface area contributed by atoms with E-state index < -0.39 is 6.10 Å². The molecule has 1 atom stereocenters. The van der Waals surface area contributed by atoms with Gasteiger partial charge >= 0.3 is 6.03 Å². The zero-order chi connectivity index (χ0) is 17.4. The fourth-order valence-corrected chi connectivity index (χ4v) is 3.15. The summed E-state index contributed by atoms with van der Waals surface area (Å²) in [5, 5.41) is 15.4. The van der Waals surface area contributed by atoms with Crippen LogP contribution in [-0.2, 0) is 6.54 Å². The molecule has 0 bridgehead atoms. The number of hydrogen-bond donors (Lipinski definition) is 3. The Hall–Kier alpha value is -1.59. The summed E-state index contributed by atoms with van der Waals surface area (Å²) in [5.74, 6) is 0. The van der Waals surface area contributed by atoms with Crippen LogP contribution >= 0.6 is 0 Å². The van der Waals surface area contributed by atoms with Crippen molar-refractivity contribution in [3.63, 3.8) is 0 Å². The quantitative estimate of drug-likeness (QED) is 0.718. The number of aliphatic hydroxyl groups is 1. The molecular weight excluding hydrogens is 302 g/mol. The number of carbonyl (C=O) groups excluding carboxylic acids is 1. The van der Waals surface area contributed by atoms with E-state index in [2.05, 4.69) is 46.7 Å². The molecule has 1 aromatic rings. The van der Waals surface area contributed by atoms with E-state index in [1.807, 2.05) is 6.92 Å². The molecule has 1 aliphatic rings. The molecule has 1 heterocycles. The number of nitrogens with zero attached hydrogens (tertiary/aromatic N) is 1. The molecule has 1 aromatic carbocycles. The summed E-state index contributed by atoms with van der Waals surface area (Å²) in [6.07, 6.45) is 3.13. The molecule has 2 rings (SSSR count). The summed E-state index contributed by atoms with van der Waals surface area (Å²) in [4.78, 5) is 14.3. The Kier molecular flexibility index (Phi) is 7.53. The van der Waals surface area contributed by atoms with Crippen LogP contribution in [0.2, 0.25) is 0 Å². The maximum Gasteiger partial charge on any atom is 0.315 e. The van der Waals surface area contributed by atoms with E-state index >= 15 is 0 Å². The van der Waals surface area contributed by atoms with Gasteiger partial charge in [-0.15, -0.1) is 0 Å².